The lowest BCUT2D eigenvalue weighted by molar-refractivity contribution is -0.137. The fourth-order valence-electron chi connectivity index (χ4n) is 3.91. The molecule has 0 spiro atoms. The quantitative estimate of drug-likeness (QED) is 0.566. The summed E-state index contributed by atoms with van der Waals surface area (Å²) in [6.07, 6.45) is -0.325. The van der Waals surface area contributed by atoms with Crippen LogP contribution >= 0.6 is 0 Å². The van der Waals surface area contributed by atoms with Crippen LogP contribution in [0.25, 0.3) is 0 Å². The van der Waals surface area contributed by atoms with Crippen LogP contribution in [0.2, 0.25) is 0 Å². The van der Waals surface area contributed by atoms with E-state index < -0.39 is 39.6 Å². The molecule has 166 valence electrons. The molecule has 0 amide bonds. The number of benzene rings is 3. The van der Waals surface area contributed by atoms with Crippen LogP contribution in [0.5, 0.6) is 11.5 Å². The van der Waals surface area contributed by atoms with Crippen molar-refractivity contribution in [2.75, 3.05) is 4.31 Å². The van der Waals surface area contributed by atoms with E-state index >= 15 is 0 Å². The summed E-state index contributed by atoms with van der Waals surface area (Å²) in [6, 6.07) is 14.0. The highest BCUT2D eigenvalue weighted by Crippen LogP contribution is 2.45. The molecule has 9 heteroatoms. The number of aliphatic carboxylic acids is 1. The van der Waals surface area contributed by atoms with Crippen molar-refractivity contribution in [3.05, 3.63) is 83.9 Å². The molecule has 1 aliphatic heterocycles. The van der Waals surface area contributed by atoms with Gasteiger partial charge < -0.3 is 9.84 Å². The summed E-state index contributed by atoms with van der Waals surface area (Å²) in [5.74, 6) is -2.00. The van der Waals surface area contributed by atoms with Crippen molar-refractivity contribution in [1.29, 1.82) is 0 Å². The van der Waals surface area contributed by atoms with Gasteiger partial charge in [-0.3, -0.25) is 9.10 Å². The Labute approximate surface area is 183 Å². The molecule has 0 aliphatic carbocycles. The van der Waals surface area contributed by atoms with Crippen molar-refractivity contribution in [1.82, 2.24) is 0 Å². The number of rotatable bonds is 6. The molecule has 6 nitrogen and oxygen atoms in total. The standard InChI is InChI=1S/C23H19F2NO5S/c1-14-20(13-23(27)28)21-12-16(25)4-11-22(21)26(14)32(29,30)19-9-7-18(8-10-19)31-17-5-2-15(24)3-6-17/h2-12,14,20H,13H2,1H3,(H,27,28). The van der Waals surface area contributed by atoms with E-state index in [9.17, 15) is 27.1 Å². The summed E-state index contributed by atoms with van der Waals surface area (Å²) in [6.45, 7) is 1.61. The maximum Gasteiger partial charge on any atom is 0.304 e. The summed E-state index contributed by atoms with van der Waals surface area (Å²) in [4.78, 5) is 11.3. The first-order valence-electron chi connectivity index (χ1n) is 9.76. The van der Waals surface area contributed by atoms with Crippen LogP contribution in [0.15, 0.2) is 71.6 Å². The average molecular weight is 459 g/mol. The van der Waals surface area contributed by atoms with Gasteiger partial charge in [0.2, 0.25) is 0 Å². The molecule has 2 unspecified atom stereocenters. The van der Waals surface area contributed by atoms with Crippen LogP contribution in [0.3, 0.4) is 0 Å². The summed E-state index contributed by atoms with van der Waals surface area (Å²) in [5, 5.41) is 9.26. The van der Waals surface area contributed by atoms with E-state index in [0.29, 0.717) is 17.1 Å². The Morgan fingerprint density at radius 1 is 0.969 bits per heavy atom. The fourth-order valence-corrected chi connectivity index (χ4v) is 5.63. The zero-order chi connectivity index (χ0) is 23.0. The second kappa shape index (κ2) is 8.23. The largest absolute Gasteiger partial charge is 0.481 e. The Kier molecular flexibility index (Phi) is 5.60. The number of carboxylic acid groups (broad SMARTS) is 1. The van der Waals surface area contributed by atoms with Crippen molar-refractivity contribution in [3.63, 3.8) is 0 Å². The Bertz CT molecular complexity index is 1260. The number of hydrogen-bond acceptors (Lipinski definition) is 4. The van der Waals surface area contributed by atoms with Crippen molar-refractivity contribution >= 4 is 21.7 Å². The van der Waals surface area contributed by atoms with Gasteiger partial charge >= 0.3 is 5.97 Å². The summed E-state index contributed by atoms with van der Waals surface area (Å²) in [5.41, 5.74) is 0.608. The number of halogens is 2. The van der Waals surface area contributed by atoms with Gasteiger partial charge in [-0.25, -0.2) is 17.2 Å². The minimum atomic E-state index is -4.07. The van der Waals surface area contributed by atoms with Crippen molar-refractivity contribution < 1.29 is 31.8 Å². The van der Waals surface area contributed by atoms with Crippen LogP contribution in [-0.4, -0.2) is 25.5 Å². The molecule has 1 aliphatic rings. The number of carbonyl (C=O) groups is 1. The normalized spacial score (nSPS) is 17.8. The van der Waals surface area contributed by atoms with Gasteiger partial charge in [0.1, 0.15) is 23.1 Å². The first kappa shape index (κ1) is 21.8. The van der Waals surface area contributed by atoms with Crippen LogP contribution in [0.4, 0.5) is 14.5 Å². The van der Waals surface area contributed by atoms with Gasteiger partial charge in [0.25, 0.3) is 10.0 Å². The van der Waals surface area contributed by atoms with Gasteiger partial charge in [-0.1, -0.05) is 0 Å². The van der Waals surface area contributed by atoms with E-state index in [-0.39, 0.29) is 17.0 Å². The predicted molar refractivity (Wildman–Crippen MR) is 113 cm³/mol. The fraction of sp³-hybridized carbons (Fsp3) is 0.174. The Hall–Kier alpha value is -3.46. The average Bonchev–Trinajstić information content (AvgIpc) is 3.01. The van der Waals surface area contributed by atoms with Crippen LogP contribution < -0.4 is 9.04 Å². The maximum atomic E-state index is 13.8. The molecule has 2 atom stereocenters. The van der Waals surface area contributed by atoms with Gasteiger partial charge in [0, 0.05) is 5.92 Å². The molecule has 0 saturated carbocycles. The highest BCUT2D eigenvalue weighted by atomic mass is 32.2. The van der Waals surface area contributed by atoms with Crippen molar-refractivity contribution in [2.24, 2.45) is 0 Å². The first-order chi connectivity index (χ1) is 15.2. The molecule has 0 radical (unpaired) electrons. The number of anilines is 1. The molecule has 1 N–H and O–H groups in total. The highest BCUT2D eigenvalue weighted by Gasteiger charge is 2.43. The highest BCUT2D eigenvalue weighted by molar-refractivity contribution is 7.92. The van der Waals surface area contributed by atoms with Gasteiger partial charge in [0.05, 0.1) is 23.0 Å². The van der Waals surface area contributed by atoms with E-state index in [1.54, 1.807) is 6.92 Å². The monoisotopic (exact) mass is 459 g/mol. The SMILES string of the molecule is CC1C(CC(=O)O)c2cc(F)ccc2N1S(=O)(=O)c1ccc(Oc2ccc(F)cc2)cc1. The number of carboxylic acids is 1. The zero-order valence-corrected chi connectivity index (χ0v) is 17.7. The third kappa shape index (κ3) is 4.03. The summed E-state index contributed by atoms with van der Waals surface area (Å²) < 4.78 is 60.5. The molecular weight excluding hydrogens is 440 g/mol. The van der Waals surface area contributed by atoms with Gasteiger partial charge in [0.15, 0.2) is 0 Å². The molecule has 3 aromatic carbocycles. The number of ether oxygens (including phenoxy) is 1. The minimum Gasteiger partial charge on any atom is -0.481 e. The van der Waals surface area contributed by atoms with Crippen LogP contribution in [-0.2, 0) is 14.8 Å². The lowest BCUT2D eigenvalue weighted by atomic mass is 9.93. The second-order valence-electron chi connectivity index (χ2n) is 7.48. The molecule has 0 aromatic heterocycles. The smallest absolute Gasteiger partial charge is 0.304 e. The molecule has 4 rings (SSSR count). The van der Waals surface area contributed by atoms with E-state index in [1.807, 2.05) is 0 Å². The zero-order valence-electron chi connectivity index (χ0n) is 16.9. The molecule has 0 saturated heterocycles. The Balaban J connectivity index is 1.65. The molecule has 0 fully saturated rings. The van der Waals surface area contributed by atoms with E-state index in [4.69, 9.17) is 4.74 Å². The van der Waals surface area contributed by atoms with Crippen molar-refractivity contribution in [3.8, 4) is 11.5 Å². The lowest BCUT2D eigenvalue weighted by Gasteiger charge is -2.26. The molecule has 32 heavy (non-hydrogen) atoms. The van der Waals surface area contributed by atoms with Crippen LogP contribution in [0, 0.1) is 11.6 Å². The minimum absolute atomic E-state index is 0.0259. The predicted octanol–water partition coefficient (Wildman–Crippen LogP) is 4.91. The summed E-state index contributed by atoms with van der Waals surface area (Å²) in [7, 11) is -4.07. The molecular formula is C23H19F2NO5S. The number of fused-ring (bicyclic) bond motifs is 1. The van der Waals surface area contributed by atoms with E-state index in [1.165, 1.54) is 60.7 Å². The van der Waals surface area contributed by atoms with Gasteiger partial charge in [-0.15, -0.1) is 0 Å². The third-order valence-corrected chi connectivity index (χ3v) is 7.32. The van der Waals surface area contributed by atoms with Crippen LogP contribution in [0.1, 0.15) is 24.8 Å². The topological polar surface area (TPSA) is 83.9 Å². The van der Waals surface area contributed by atoms with Gasteiger partial charge in [-0.05, 0) is 79.2 Å². The first-order valence-corrected chi connectivity index (χ1v) is 11.2. The van der Waals surface area contributed by atoms with Gasteiger partial charge in [-0.2, -0.15) is 0 Å². The Morgan fingerprint density at radius 3 is 2.12 bits per heavy atom. The third-order valence-electron chi connectivity index (χ3n) is 5.40. The second-order valence-corrected chi connectivity index (χ2v) is 9.29. The Morgan fingerprint density at radius 2 is 1.53 bits per heavy atom. The maximum absolute atomic E-state index is 13.8. The van der Waals surface area contributed by atoms with E-state index in [0.717, 1.165) is 10.4 Å². The van der Waals surface area contributed by atoms with E-state index in [2.05, 4.69) is 0 Å². The molecule has 1 heterocycles. The molecule has 3 aromatic rings. The number of sulfonamides is 1. The number of nitrogens with zero attached hydrogens (tertiary/aromatic N) is 1. The lowest BCUT2D eigenvalue weighted by Crippen LogP contribution is -2.37. The summed E-state index contributed by atoms with van der Waals surface area (Å²) >= 11 is 0. The molecule has 0 bridgehead atoms. The number of hydrogen-bond donors (Lipinski definition) is 1. The van der Waals surface area contributed by atoms with Crippen molar-refractivity contribution in [2.45, 2.75) is 30.2 Å².